The summed E-state index contributed by atoms with van der Waals surface area (Å²) in [6.07, 6.45) is 6.63. The average molecular weight is 265 g/mol. The molecule has 1 amide bonds. The number of carboxylic acid groups (broad SMARTS) is 1. The Morgan fingerprint density at radius 1 is 1.21 bits per heavy atom. The molecule has 19 heavy (non-hydrogen) atoms. The molecule has 3 aliphatic rings. The fourth-order valence-corrected chi connectivity index (χ4v) is 3.67. The first kappa shape index (κ1) is 12.7. The molecule has 5 heteroatoms. The summed E-state index contributed by atoms with van der Waals surface area (Å²) in [6, 6.07) is 0.0406. The van der Waals surface area contributed by atoms with Crippen molar-refractivity contribution in [1.29, 1.82) is 0 Å². The predicted octanol–water partition coefficient (Wildman–Crippen LogP) is 0.804. The topological polar surface area (TPSA) is 75.6 Å². The van der Waals surface area contributed by atoms with Gasteiger partial charge in [-0.2, -0.15) is 0 Å². The zero-order valence-electron chi connectivity index (χ0n) is 10.7. The summed E-state index contributed by atoms with van der Waals surface area (Å²) in [7, 11) is 0. The molecule has 1 saturated heterocycles. The fraction of sp³-hybridized carbons (Fsp3) is 0.714. The van der Waals surface area contributed by atoms with Gasteiger partial charge in [0.2, 0.25) is 5.91 Å². The molecule has 3 rings (SSSR count). The van der Waals surface area contributed by atoms with Gasteiger partial charge in [0.1, 0.15) is 0 Å². The lowest BCUT2D eigenvalue weighted by molar-refractivity contribution is -0.148. The van der Waals surface area contributed by atoms with Crippen LogP contribution in [0.25, 0.3) is 0 Å². The van der Waals surface area contributed by atoms with E-state index in [9.17, 15) is 14.7 Å². The Bertz CT molecular complexity index is 414. The lowest BCUT2D eigenvalue weighted by Crippen LogP contribution is -2.47. The van der Waals surface area contributed by atoms with E-state index in [4.69, 9.17) is 4.74 Å². The highest BCUT2D eigenvalue weighted by Gasteiger charge is 2.51. The maximum Gasteiger partial charge on any atom is 0.307 e. The van der Waals surface area contributed by atoms with Crippen molar-refractivity contribution in [3.8, 4) is 0 Å². The number of carbonyl (C=O) groups excluding carboxylic acids is 1. The number of aliphatic carboxylic acids is 1. The largest absolute Gasteiger partial charge is 0.481 e. The van der Waals surface area contributed by atoms with Crippen molar-refractivity contribution in [3.63, 3.8) is 0 Å². The highest BCUT2D eigenvalue weighted by Crippen LogP contribution is 2.48. The summed E-state index contributed by atoms with van der Waals surface area (Å²) >= 11 is 0. The van der Waals surface area contributed by atoms with Crippen LogP contribution >= 0.6 is 0 Å². The molecular formula is C14H19NO4. The van der Waals surface area contributed by atoms with Crippen LogP contribution in [0.3, 0.4) is 0 Å². The smallest absolute Gasteiger partial charge is 0.307 e. The van der Waals surface area contributed by atoms with Crippen molar-refractivity contribution in [1.82, 2.24) is 5.32 Å². The number of nitrogens with one attached hydrogen (secondary N) is 1. The molecule has 5 atom stereocenters. The first-order valence-electron chi connectivity index (χ1n) is 6.96. The van der Waals surface area contributed by atoms with E-state index >= 15 is 0 Å². The summed E-state index contributed by atoms with van der Waals surface area (Å²) in [5, 5.41) is 12.3. The first-order chi connectivity index (χ1) is 9.16. The molecule has 2 N–H and O–H groups in total. The Kier molecular flexibility index (Phi) is 3.31. The molecule has 1 heterocycles. The third-order valence-corrected chi connectivity index (χ3v) is 4.55. The third-order valence-electron chi connectivity index (χ3n) is 4.55. The van der Waals surface area contributed by atoms with Crippen LogP contribution < -0.4 is 5.32 Å². The van der Waals surface area contributed by atoms with E-state index in [1.807, 2.05) is 12.2 Å². The molecule has 3 unspecified atom stereocenters. The van der Waals surface area contributed by atoms with Crippen LogP contribution in [-0.4, -0.2) is 36.2 Å². The van der Waals surface area contributed by atoms with Crippen LogP contribution in [0.2, 0.25) is 0 Å². The zero-order valence-corrected chi connectivity index (χ0v) is 10.7. The van der Waals surface area contributed by atoms with Crippen molar-refractivity contribution < 1.29 is 19.4 Å². The second kappa shape index (κ2) is 4.96. The number of rotatable bonds is 3. The maximum atomic E-state index is 12.4. The summed E-state index contributed by atoms with van der Waals surface area (Å²) in [5.41, 5.74) is 0. The van der Waals surface area contributed by atoms with E-state index < -0.39 is 17.8 Å². The van der Waals surface area contributed by atoms with E-state index in [2.05, 4.69) is 5.32 Å². The molecule has 0 spiro atoms. The molecule has 0 aromatic heterocycles. The Hall–Kier alpha value is -1.36. The van der Waals surface area contributed by atoms with Gasteiger partial charge in [0, 0.05) is 6.61 Å². The Balaban J connectivity index is 1.68. The summed E-state index contributed by atoms with van der Waals surface area (Å²) < 4.78 is 5.34. The van der Waals surface area contributed by atoms with Crippen molar-refractivity contribution in [2.24, 2.45) is 23.7 Å². The molecule has 0 aromatic rings. The van der Waals surface area contributed by atoms with Gasteiger partial charge >= 0.3 is 5.97 Å². The lowest BCUT2D eigenvalue weighted by atomic mass is 9.82. The van der Waals surface area contributed by atoms with Gasteiger partial charge in [-0.25, -0.2) is 0 Å². The molecule has 104 valence electrons. The van der Waals surface area contributed by atoms with Crippen LogP contribution in [0.15, 0.2) is 12.2 Å². The number of ether oxygens (including phenoxy) is 1. The molecule has 2 fully saturated rings. The minimum Gasteiger partial charge on any atom is -0.481 e. The quantitative estimate of drug-likeness (QED) is 0.740. The Labute approximate surface area is 112 Å². The van der Waals surface area contributed by atoms with Gasteiger partial charge < -0.3 is 15.2 Å². The van der Waals surface area contributed by atoms with Crippen molar-refractivity contribution >= 4 is 11.9 Å². The second-order valence-corrected chi connectivity index (χ2v) is 5.76. The van der Waals surface area contributed by atoms with Gasteiger partial charge in [-0.15, -0.1) is 0 Å². The predicted molar refractivity (Wildman–Crippen MR) is 67.3 cm³/mol. The van der Waals surface area contributed by atoms with Gasteiger partial charge in [0.25, 0.3) is 0 Å². The number of allylic oxidation sites excluding steroid dienone is 2. The summed E-state index contributed by atoms with van der Waals surface area (Å²) in [6.45, 7) is 1.29. The Morgan fingerprint density at radius 3 is 2.58 bits per heavy atom. The third kappa shape index (κ3) is 2.27. The van der Waals surface area contributed by atoms with E-state index in [0.29, 0.717) is 6.61 Å². The molecule has 1 saturated carbocycles. The Morgan fingerprint density at radius 2 is 1.95 bits per heavy atom. The van der Waals surface area contributed by atoms with Gasteiger partial charge in [-0.3, -0.25) is 9.59 Å². The molecule has 0 radical (unpaired) electrons. The van der Waals surface area contributed by atoms with Crippen LogP contribution in [0.4, 0.5) is 0 Å². The molecule has 2 bridgehead atoms. The minimum absolute atomic E-state index is 0.0286. The number of carbonyl (C=O) groups is 2. The standard InChI is InChI=1S/C14H19NO4/c16-13(15-10-2-1-5-19-7-10)11-8-3-4-9(6-8)12(11)14(17)18/h3-4,8-12H,1-2,5-7H2,(H,15,16)(H,17,18)/t8?,9?,10?,11-,12+/m0/s1. The van der Waals surface area contributed by atoms with Crippen LogP contribution in [0.1, 0.15) is 19.3 Å². The summed E-state index contributed by atoms with van der Waals surface area (Å²) in [5.74, 6) is -1.80. The number of carboxylic acids is 1. The van der Waals surface area contributed by atoms with E-state index in [1.54, 1.807) is 0 Å². The van der Waals surface area contributed by atoms with Crippen LogP contribution in [0, 0.1) is 23.7 Å². The van der Waals surface area contributed by atoms with Gasteiger partial charge in [0.05, 0.1) is 24.5 Å². The van der Waals surface area contributed by atoms with Gasteiger partial charge in [-0.05, 0) is 31.1 Å². The number of hydrogen-bond donors (Lipinski definition) is 2. The minimum atomic E-state index is -0.850. The number of hydrogen-bond acceptors (Lipinski definition) is 3. The first-order valence-corrected chi connectivity index (χ1v) is 6.96. The number of amides is 1. The van der Waals surface area contributed by atoms with Gasteiger partial charge in [-0.1, -0.05) is 12.2 Å². The molecule has 2 aliphatic carbocycles. The van der Waals surface area contributed by atoms with E-state index in [-0.39, 0.29) is 23.8 Å². The molecular weight excluding hydrogens is 246 g/mol. The molecule has 5 nitrogen and oxygen atoms in total. The SMILES string of the molecule is O=C(O)[C@@H]1C2C=CC(C2)[C@@H]1C(=O)NC1CCCOC1. The van der Waals surface area contributed by atoms with E-state index in [0.717, 1.165) is 25.9 Å². The van der Waals surface area contributed by atoms with Crippen molar-refractivity contribution in [2.75, 3.05) is 13.2 Å². The van der Waals surface area contributed by atoms with E-state index in [1.165, 1.54) is 0 Å². The normalized spacial score (nSPS) is 40.3. The number of fused-ring (bicyclic) bond motifs is 2. The van der Waals surface area contributed by atoms with Crippen LogP contribution in [-0.2, 0) is 14.3 Å². The van der Waals surface area contributed by atoms with Crippen molar-refractivity contribution in [2.45, 2.75) is 25.3 Å². The lowest BCUT2D eigenvalue weighted by Gasteiger charge is -2.28. The summed E-state index contributed by atoms with van der Waals surface area (Å²) in [4.78, 5) is 23.7. The second-order valence-electron chi connectivity index (χ2n) is 5.76. The van der Waals surface area contributed by atoms with Gasteiger partial charge in [0.15, 0.2) is 0 Å². The van der Waals surface area contributed by atoms with Crippen LogP contribution in [0.5, 0.6) is 0 Å². The monoisotopic (exact) mass is 265 g/mol. The highest BCUT2D eigenvalue weighted by atomic mass is 16.5. The molecule has 1 aliphatic heterocycles. The highest BCUT2D eigenvalue weighted by molar-refractivity contribution is 5.87. The van der Waals surface area contributed by atoms with Crippen molar-refractivity contribution in [3.05, 3.63) is 12.2 Å². The average Bonchev–Trinajstić information content (AvgIpc) is 2.99. The zero-order chi connectivity index (χ0) is 13.4. The fourth-order valence-electron chi connectivity index (χ4n) is 3.67. The maximum absolute atomic E-state index is 12.4. The molecule has 0 aromatic carbocycles.